The monoisotopic (exact) mass is 427 g/mol. The quantitative estimate of drug-likeness (QED) is 0.543. The average Bonchev–Trinajstić information content (AvgIpc) is 3.11. The number of carbonyl (C=O) groups is 1. The van der Waals surface area contributed by atoms with E-state index in [-0.39, 0.29) is 12.1 Å². The van der Waals surface area contributed by atoms with Crippen LogP contribution in [0.1, 0.15) is 43.6 Å². The lowest BCUT2D eigenvalue weighted by molar-refractivity contribution is 0.0963. The van der Waals surface area contributed by atoms with Gasteiger partial charge in [0.15, 0.2) is 11.8 Å². The Hall–Kier alpha value is -3.10. The normalized spacial score (nSPS) is 15.1. The van der Waals surface area contributed by atoms with Gasteiger partial charge in [-0.05, 0) is 58.2 Å². The Morgan fingerprint density at radius 2 is 2.03 bits per heavy atom. The molecule has 0 unspecified atom stereocenters. The summed E-state index contributed by atoms with van der Waals surface area (Å²) in [6, 6.07) is 6.31. The van der Waals surface area contributed by atoms with Crippen LogP contribution >= 0.6 is 0 Å². The fourth-order valence-corrected chi connectivity index (χ4v) is 3.60. The lowest BCUT2D eigenvalue weighted by Crippen LogP contribution is -2.49. The fraction of sp³-hybridized carbons (Fsp3) is 0.545. The molecule has 9 heteroatoms. The van der Waals surface area contributed by atoms with E-state index in [2.05, 4.69) is 20.7 Å². The van der Waals surface area contributed by atoms with E-state index in [0.29, 0.717) is 26.2 Å². The SMILES string of the molecule is CCNC(=NCc1ccc(-n2nc(C)cc2C)nc1)NC1CCN(C(=O)OCC)CC1. The van der Waals surface area contributed by atoms with Crippen molar-refractivity contribution in [3.05, 3.63) is 41.3 Å². The predicted octanol–water partition coefficient (Wildman–Crippen LogP) is 2.56. The zero-order chi connectivity index (χ0) is 22.2. The van der Waals surface area contributed by atoms with Gasteiger partial charge in [-0.2, -0.15) is 5.10 Å². The van der Waals surface area contributed by atoms with Crippen LogP contribution in [0.5, 0.6) is 0 Å². The summed E-state index contributed by atoms with van der Waals surface area (Å²) >= 11 is 0. The molecule has 1 aliphatic heterocycles. The van der Waals surface area contributed by atoms with Gasteiger partial charge < -0.3 is 20.3 Å². The maximum absolute atomic E-state index is 11.9. The van der Waals surface area contributed by atoms with Crippen LogP contribution in [0.3, 0.4) is 0 Å². The Kier molecular flexibility index (Phi) is 7.86. The second-order valence-corrected chi connectivity index (χ2v) is 7.66. The van der Waals surface area contributed by atoms with E-state index < -0.39 is 0 Å². The zero-order valence-corrected chi connectivity index (χ0v) is 18.9. The molecule has 2 aromatic rings. The van der Waals surface area contributed by atoms with Gasteiger partial charge in [-0.3, -0.25) is 0 Å². The van der Waals surface area contributed by atoms with Crippen LogP contribution in [-0.4, -0.2) is 64.0 Å². The second-order valence-electron chi connectivity index (χ2n) is 7.66. The number of nitrogens with one attached hydrogen (secondary N) is 2. The van der Waals surface area contributed by atoms with Crippen LogP contribution < -0.4 is 10.6 Å². The molecule has 1 fully saturated rings. The van der Waals surface area contributed by atoms with Crippen LogP contribution in [0.2, 0.25) is 0 Å². The number of amides is 1. The average molecular weight is 428 g/mol. The van der Waals surface area contributed by atoms with E-state index in [4.69, 9.17) is 9.73 Å². The number of aliphatic imine (C=N–C) groups is 1. The van der Waals surface area contributed by atoms with Gasteiger partial charge in [-0.15, -0.1) is 0 Å². The van der Waals surface area contributed by atoms with E-state index in [1.165, 1.54) is 0 Å². The minimum absolute atomic E-state index is 0.224. The van der Waals surface area contributed by atoms with Crippen LogP contribution in [0.4, 0.5) is 4.79 Å². The molecule has 0 bridgehead atoms. The molecule has 0 aromatic carbocycles. The van der Waals surface area contributed by atoms with Gasteiger partial charge >= 0.3 is 6.09 Å². The Labute approximate surface area is 183 Å². The third-order valence-electron chi connectivity index (χ3n) is 5.16. The van der Waals surface area contributed by atoms with Crippen molar-refractivity contribution in [2.24, 2.45) is 4.99 Å². The van der Waals surface area contributed by atoms with Crippen LogP contribution in [0, 0.1) is 13.8 Å². The predicted molar refractivity (Wildman–Crippen MR) is 120 cm³/mol. The van der Waals surface area contributed by atoms with Crippen LogP contribution in [0.15, 0.2) is 29.4 Å². The summed E-state index contributed by atoms with van der Waals surface area (Å²) in [5.74, 6) is 1.58. The summed E-state index contributed by atoms with van der Waals surface area (Å²) in [7, 11) is 0. The van der Waals surface area contributed by atoms with Gasteiger partial charge in [0.25, 0.3) is 0 Å². The van der Waals surface area contributed by atoms with Crippen molar-refractivity contribution >= 4 is 12.1 Å². The summed E-state index contributed by atoms with van der Waals surface area (Å²) in [4.78, 5) is 22.9. The number of aryl methyl sites for hydroxylation is 2. The molecule has 3 rings (SSSR count). The van der Waals surface area contributed by atoms with Crippen LogP contribution in [0.25, 0.3) is 5.82 Å². The number of ether oxygens (including phenoxy) is 1. The molecule has 0 radical (unpaired) electrons. The van der Waals surface area contributed by atoms with Crippen molar-refractivity contribution in [3.63, 3.8) is 0 Å². The van der Waals surface area contributed by atoms with Gasteiger partial charge in [0, 0.05) is 37.6 Å². The number of hydrogen-bond acceptors (Lipinski definition) is 5. The number of guanidine groups is 1. The highest BCUT2D eigenvalue weighted by atomic mass is 16.6. The Balaban J connectivity index is 1.56. The van der Waals surface area contributed by atoms with Crippen molar-refractivity contribution in [2.75, 3.05) is 26.2 Å². The second kappa shape index (κ2) is 10.8. The molecule has 0 saturated carbocycles. The van der Waals surface area contributed by atoms with E-state index in [9.17, 15) is 4.79 Å². The molecule has 168 valence electrons. The lowest BCUT2D eigenvalue weighted by Gasteiger charge is -2.32. The molecule has 0 spiro atoms. The number of piperidine rings is 1. The molecule has 9 nitrogen and oxygen atoms in total. The molecule has 0 atom stereocenters. The highest BCUT2D eigenvalue weighted by Crippen LogP contribution is 2.13. The van der Waals surface area contributed by atoms with E-state index in [1.807, 2.05) is 56.8 Å². The number of likely N-dealkylation sites (tertiary alicyclic amines) is 1. The molecule has 2 N–H and O–H groups in total. The molecular weight excluding hydrogens is 394 g/mol. The van der Waals surface area contributed by atoms with E-state index in [0.717, 1.165) is 48.1 Å². The standard InChI is InChI=1S/C22H33N7O2/c1-5-23-21(26-19-9-11-28(12-10-19)22(30)31-6-2)25-15-18-7-8-20(24-14-18)29-17(4)13-16(3)27-29/h7-8,13-14,19H,5-6,9-12,15H2,1-4H3,(H2,23,25,26). The molecule has 1 saturated heterocycles. The molecule has 0 aliphatic carbocycles. The van der Waals surface area contributed by atoms with E-state index in [1.54, 1.807) is 4.90 Å². The topological polar surface area (TPSA) is 96.7 Å². The number of hydrogen-bond donors (Lipinski definition) is 2. The number of rotatable bonds is 6. The first-order valence-electron chi connectivity index (χ1n) is 10.9. The van der Waals surface area contributed by atoms with Crippen molar-refractivity contribution < 1.29 is 9.53 Å². The fourth-order valence-electron chi connectivity index (χ4n) is 3.60. The molecule has 1 aliphatic rings. The summed E-state index contributed by atoms with van der Waals surface area (Å²) in [5.41, 5.74) is 3.06. The van der Waals surface area contributed by atoms with Crippen molar-refractivity contribution in [2.45, 2.75) is 53.1 Å². The first-order chi connectivity index (χ1) is 15.0. The summed E-state index contributed by atoms with van der Waals surface area (Å²) < 4.78 is 6.93. The van der Waals surface area contributed by atoms with Gasteiger partial charge in [-0.25, -0.2) is 19.5 Å². The van der Waals surface area contributed by atoms with Crippen molar-refractivity contribution in [1.82, 2.24) is 30.3 Å². The minimum atomic E-state index is -0.224. The molecule has 3 heterocycles. The number of aromatic nitrogens is 3. The first-order valence-corrected chi connectivity index (χ1v) is 10.9. The number of nitrogens with zero attached hydrogens (tertiary/aromatic N) is 5. The smallest absolute Gasteiger partial charge is 0.409 e. The largest absolute Gasteiger partial charge is 0.450 e. The Morgan fingerprint density at radius 1 is 1.26 bits per heavy atom. The van der Waals surface area contributed by atoms with Gasteiger partial charge in [-0.1, -0.05) is 6.07 Å². The third-order valence-corrected chi connectivity index (χ3v) is 5.16. The Bertz CT molecular complexity index is 884. The number of pyridine rings is 1. The van der Waals surface area contributed by atoms with Crippen LogP contribution in [-0.2, 0) is 11.3 Å². The van der Waals surface area contributed by atoms with Gasteiger partial charge in [0.2, 0.25) is 0 Å². The molecular formula is C22H33N7O2. The van der Waals surface area contributed by atoms with Crippen molar-refractivity contribution in [1.29, 1.82) is 0 Å². The maximum atomic E-state index is 11.9. The van der Waals surface area contributed by atoms with Gasteiger partial charge in [0.05, 0.1) is 18.8 Å². The summed E-state index contributed by atoms with van der Waals surface area (Å²) in [5, 5.41) is 11.3. The minimum Gasteiger partial charge on any atom is -0.450 e. The molecule has 1 amide bonds. The highest BCUT2D eigenvalue weighted by molar-refractivity contribution is 5.80. The maximum Gasteiger partial charge on any atom is 0.409 e. The molecule has 2 aromatic heterocycles. The van der Waals surface area contributed by atoms with Crippen molar-refractivity contribution in [3.8, 4) is 5.82 Å². The first kappa shape index (κ1) is 22.6. The van der Waals surface area contributed by atoms with E-state index >= 15 is 0 Å². The summed E-state index contributed by atoms with van der Waals surface area (Å²) in [6.07, 6.45) is 3.35. The Morgan fingerprint density at radius 3 is 2.61 bits per heavy atom. The zero-order valence-electron chi connectivity index (χ0n) is 18.9. The third kappa shape index (κ3) is 6.19. The number of carbonyl (C=O) groups excluding carboxylic acids is 1. The molecule has 31 heavy (non-hydrogen) atoms. The highest BCUT2D eigenvalue weighted by Gasteiger charge is 2.24. The lowest BCUT2D eigenvalue weighted by atomic mass is 10.1. The summed E-state index contributed by atoms with van der Waals surface area (Å²) in [6.45, 7) is 11.0. The van der Waals surface area contributed by atoms with Gasteiger partial charge in [0.1, 0.15) is 0 Å².